The third-order valence-electron chi connectivity index (χ3n) is 12.0. The molecular weight excluding hydrogens is 440 g/mol. The first-order chi connectivity index (χ1) is 15.8. The highest BCUT2D eigenvalue weighted by Gasteiger charge is 2.71. The average molecular weight is 491 g/mol. The number of aliphatic hydroxyl groups excluding tert-OH is 2. The van der Waals surface area contributed by atoms with Crippen molar-refractivity contribution in [1.29, 1.82) is 0 Å². The number of Topliss-reactive ketones (excluding diaryl/α,β-unsaturated/α-hetero) is 1. The maximum absolute atomic E-state index is 12.9. The first kappa shape index (κ1) is 27.1. The van der Waals surface area contributed by atoms with Gasteiger partial charge in [-0.1, -0.05) is 34.6 Å². The molecule has 5 nitrogen and oxygen atoms in total. The summed E-state index contributed by atoms with van der Waals surface area (Å²) in [5.41, 5.74) is -2.82. The molecule has 35 heavy (non-hydrogen) atoms. The van der Waals surface area contributed by atoms with Crippen molar-refractivity contribution in [3.8, 4) is 0 Å². The molecule has 0 bridgehead atoms. The topological polar surface area (TPSA) is 98.0 Å². The van der Waals surface area contributed by atoms with E-state index < -0.39 is 22.7 Å². The Bertz CT molecular complexity index is 897. The van der Waals surface area contributed by atoms with Crippen molar-refractivity contribution in [2.45, 2.75) is 124 Å². The van der Waals surface area contributed by atoms with Gasteiger partial charge in [-0.3, -0.25) is 4.79 Å². The van der Waals surface area contributed by atoms with Gasteiger partial charge in [0, 0.05) is 5.41 Å². The van der Waals surface area contributed by atoms with Crippen LogP contribution in [0.15, 0.2) is 11.8 Å². The van der Waals surface area contributed by atoms with E-state index in [2.05, 4.69) is 20.8 Å². The molecule has 4 aliphatic rings. The predicted octanol–water partition coefficient (Wildman–Crippen LogP) is 5.57. The second-order valence-electron chi connectivity index (χ2n) is 14.9. The third-order valence-corrected chi connectivity index (χ3v) is 12.0. The summed E-state index contributed by atoms with van der Waals surface area (Å²) in [6, 6.07) is 0. The maximum Gasteiger partial charge on any atom is 0.202 e. The molecule has 5 heteroatoms. The summed E-state index contributed by atoms with van der Waals surface area (Å²) in [6.07, 6.45) is 7.73. The third kappa shape index (κ3) is 3.85. The minimum absolute atomic E-state index is 0.0110. The average Bonchev–Trinajstić information content (AvgIpc) is 3.08. The lowest BCUT2D eigenvalue weighted by molar-refractivity contribution is -0.217. The number of aliphatic hydroxyl groups is 4. The van der Waals surface area contributed by atoms with Crippen LogP contribution in [0.3, 0.4) is 0 Å². The Labute approximate surface area is 212 Å². The summed E-state index contributed by atoms with van der Waals surface area (Å²) >= 11 is 0. The number of carbonyl (C=O) groups excluding carboxylic acids is 1. The fourth-order valence-corrected chi connectivity index (χ4v) is 10.00. The van der Waals surface area contributed by atoms with E-state index in [4.69, 9.17) is 0 Å². The lowest BCUT2D eigenvalue weighted by Gasteiger charge is -2.68. The van der Waals surface area contributed by atoms with Crippen LogP contribution in [0, 0.1) is 45.3 Å². The van der Waals surface area contributed by atoms with E-state index in [0.717, 1.165) is 32.1 Å². The van der Waals surface area contributed by atoms with Crippen molar-refractivity contribution in [2.75, 3.05) is 0 Å². The molecule has 3 fully saturated rings. The van der Waals surface area contributed by atoms with Gasteiger partial charge in [0.2, 0.25) is 5.78 Å². The van der Waals surface area contributed by atoms with Crippen LogP contribution in [0.25, 0.3) is 0 Å². The van der Waals surface area contributed by atoms with E-state index in [9.17, 15) is 25.2 Å². The molecule has 3 saturated carbocycles. The molecule has 0 spiro atoms. The summed E-state index contributed by atoms with van der Waals surface area (Å²) in [4.78, 5) is 12.9. The normalized spacial score (nSPS) is 46.8. The van der Waals surface area contributed by atoms with E-state index in [-0.39, 0.29) is 51.5 Å². The highest BCUT2D eigenvalue weighted by atomic mass is 16.3. The first-order valence-electron chi connectivity index (χ1n) is 13.9. The summed E-state index contributed by atoms with van der Waals surface area (Å²) in [5, 5.41) is 44.2. The number of hydrogen-bond donors (Lipinski definition) is 4. The van der Waals surface area contributed by atoms with Gasteiger partial charge in [0.05, 0.1) is 17.3 Å². The molecule has 200 valence electrons. The Morgan fingerprint density at radius 2 is 1.54 bits per heavy atom. The van der Waals surface area contributed by atoms with E-state index in [0.29, 0.717) is 19.3 Å². The van der Waals surface area contributed by atoms with Gasteiger partial charge in [0.25, 0.3) is 0 Å². The van der Waals surface area contributed by atoms with Gasteiger partial charge in [-0.2, -0.15) is 0 Å². The van der Waals surface area contributed by atoms with Gasteiger partial charge < -0.3 is 20.4 Å². The first-order valence-corrected chi connectivity index (χ1v) is 13.9. The quantitative estimate of drug-likeness (QED) is 0.404. The fourth-order valence-electron chi connectivity index (χ4n) is 10.00. The van der Waals surface area contributed by atoms with Crippen molar-refractivity contribution < 1.29 is 25.2 Å². The van der Waals surface area contributed by atoms with Crippen LogP contribution in [0.2, 0.25) is 0 Å². The molecule has 0 aromatic rings. The van der Waals surface area contributed by atoms with Gasteiger partial charge in [-0.15, -0.1) is 0 Å². The zero-order chi connectivity index (χ0) is 26.4. The van der Waals surface area contributed by atoms with Crippen LogP contribution in [0.1, 0.15) is 107 Å². The van der Waals surface area contributed by atoms with Crippen LogP contribution >= 0.6 is 0 Å². The fraction of sp³-hybridized carbons (Fsp3) is 0.900. The Kier molecular flexibility index (Phi) is 6.24. The molecule has 4 aliphatic carbocycles. The Balaban J connectivity index is 1.68. The number of carbonyl (C=O) groups is 1. The Morgan fingerprint density at radius 1 is 0.943 bits per heavy atom. The summed E-state index contributed by atoms with van der Waals surface area (Å²) in [7, 11) is 0. The lowest BCUT2D eigenvalue weighted by atomic mass is 9.36. The van der Waals surface area contributed by atoms with E-state index in [1.807, 2.05) is 40.7 Å². The molecule has 0 aromatic carbocycles. The van der Waals surface area contributed by atoms with Gasteiger partial charge >= 0.3 is 0 Å². The highest BCUT2D eigenvalue weighted by Crippen LogP contribution is 2.75. The SMILES string of the molecule is CC(C)(O)CCC[C@@](C)(O)[C@H]1CC[C@]2(C)[C@@H]1[C@H](O)C[C@@H]1[C@@]3(C)C=C(O)C(=O)C(C)(C)[C@@H]3CC[C@]12C. The van der Waals surface area contributed by atoms with Crippen molar-refractivity contribution >= 4 is 5.78 Å². The Morgan fingerprint density at radius 3 is 2.14 bits per heavy atom. The van der Waals surface area contributed by atoms with Gasteiger partial charge in [0.1, 0.15) is 0 Å². The zero-order valence-electron chi connectivity index (χ0n) is 23.3. The maximum atomic E-state index is 12.9. The molecule has 0 unspecified atom stereocenters. The molecule has 4 rings (SSSR count). The van der Waals surface area contributed by atoms with E-state index in [1.165, 1.54) is 0 Å². The Hall–Kier alpha value is -0.910. The van der Waals surface area contributed by atoms with Crippen molar-refractivity contribution in [3.63, 3.8) is 0 Å². The molecule has 0 aromatic heterocycles. The lowest BCUT2D eigenvalue weighted by Crippen LogP contribution is -2.65. The zero-order valence-corrected chi connectivity index (χ0v) is 23.3. The van der Waals surface area contributed by atoms with Crippen molar-refractivity contribution in [3.05, 3.63) is 11.8 Å². The number of ketones is 1. The largest absolute Gasteiger partial charge is 0.505 e. The second-order valence-corrected chi connectivity index (χ2v) is 14.9. The minimum Gasteiger partial charge on any atom is -0.505 e. The number of allylic oxidation sites excluding steroid dienone is 2. The number of hydrogen-bond acceptors (Lipinski definition) is 5. The van der Waals surface area contributed by atoms with Gasteiger partial charge in [-0.05, 0) is 118 Å². The molecule has 0 heterocycles. The standard InChI is InChI=1S/C30H50O5/c1-25(2,34)12-9-13-30(8,35)18-10-14-29(7)23(18)19(31)16-22-27(5)17-20(32)24(33)26(3,4)21(27)11-15-28(22,29)6/h17-19,21-23,31-32,34-35H,9-16H2,1-8H3/t18-,19+,21-,22+,23-,27-,28+,29+,30+/m0/s1. The van der Waals surface area contributed by atoms with Crippen LogP contribution < -0.4 is 0 Å². The molecule has 0 saturated heterocycles. The highest BCUT2D eigenvalue weighted by molar-refractivity contribution is 5.98. The predicted molar refractivity (Wildman–Crippen MR) is 138 cm³/mol. The van der Waals surface area contributed by atoms with Crippen LogP contribution in [0.5, 0.6) is 0 Å². The molecule has 0 radical (unpaired) electrons. The monoisotopic (exact) mass is 490 g/mol. The van der Waals surface area contributed by atoms with Crippen molar-refractivity contribution in [1.82, 2.24) is 0 Å². The summed E-state index contributed by atoms with van der Waals surface area (Å²) < 4.78 is 0. The number of fused-ring (bicyclic) bond motifs is 5. The second kappa shape index (κ2) is 8.04. The molecular formula is C30H50O5. The molecule has 0 amide bonds. The molecule has 0 aliphatic heterocycles. The summed E-state index contributed by atoms with van der Waals surface area (Å²) in [6.45, 7) is 16.4. The minimum atomic E-state index is -0.892. The van der Waals surface area contributed by atoms with E-state index >= 15 is 0 Å². The van der Waals surface area contributed by atoms with Gasteiger partial charge in [-0.25, -0.2) is 0 Å². The summed E-state index contributed by atoms with van der Waals surface area (Å²) in [5.74, 6) is 0.0352. The van der Waals surface area contributed by atoms with Crippen LogP contribution in [-0.2, 0) is 4.79 Å². The van der Waals surface area contributed by atoms with Crippen LogP contribution in [-0.4, -0.2) is 43.5 Å². The smallest absolute Gasteiger partial charge is 0.202 e. The molecule has 9 atom stereocenters. The van der Waals surface area contributed by atoms with E-state index in [1.54, 1.807) is 0 Å². The number of rotatable bonds is 5. The van der Waals surface area contributed by atoms with Crippen molar-refractivity contribution in [2.24, 2.45) is 45.3 Å². The molecule has 4 N–H and O–H groups in total. The van der Waals surface area contributed by atoms with Crippen LogP contribution in [0.4, 0.5) is 0 Å². The van der Waals surface area contributed by atoms with Gasteiger partial charge in [0.15, 0.2) is 5.76 Å².